The lowest BCUT2D eigenvalue weighted by molar-refractivity contribution is 0.422. The molecule has 3 nitrogen and oxygen atoms in total. The third-order valence-corrected chi connectivity index (χ3v) is 15.7. The Hall–Kier alpha value is -5.26. The summed E-state index contributed by atoms with van der Waals surface area (Å²) in [6, 6.07) is 41.2. The first-order valence-corrected chi connectivity index (χ1v) is 24.2. The normalized spacial score (nSPS) is 15.1. The summed E-state index contributed by atoms with van der Waals surface area (Å²) in [6.07, 6.45) is 3.53. The molecule has 0 radical (unpaired) electrons. The van der Waals surface area contributed by atoms with E-state index in [1.807, 2.05) is 11.3 Å². The van der Waals surface area contributed by atoms with Crippen LogP contribution in [0.25, 0.3) is 31.9 Å². The summed E-state index contributed by atoms with van der Waals surface area (Å²) in [7, 11) is 0. The van der Waals surface area contributed by atoms with Gasteiger partial charge >= 0.3 is 0 Å². The number of rotatable bonds is 2. The monoisotopic (exact) mass is 843 g/mol. The molecule has 8 aromatic rings. The Bertz CT molecular complexity index is 3190. The number of aryl methyl sites for hydroxylation is 3. The van der Waals surface area contributed by atoms with Gasteiger partial charge in [-0.05, 0) is 162 Å². The molecule has 0 N–H and O–H groups in total. The zero-order valence-electron chi connectivity index (χ0n) is 39.8. The van der Waals surface area contributed by atoms with Crippen molar-refractivity contribution in [3.8, 4) is 0 Å². The number of aromatic nitrogens is 1. The van der Waals surface area contributed by atoms with E-state index < -0.39 is 0 Å². The second kappa shape index (κ2) is 13.4. The molecule has 0 saturated heterocycles. The quantitative estimate of drug-likeness (QED) is 0.161. The summed E-state index contributed by atoms with van der Waals surface area (Å²) in [5.74, 6) is 0. The summed E-state index contributed by atoms with van der Waals surface area (Å²) in [5, 5.41) is 4.10. The lowest BCUT2D eigenvalue weighted by Crippen LogP contribution is -2.60. The van der Waals surface area contributed by atoms with Crippen LogP contribution < -0.4 is 25.5 Å². The number of hydrogen-bond acceptors (Lipinski definition) is 3. The van der Waals surface area contributed by atoms with Gasteiger partial charge < -0.3 is 14.4 Å². The SMILES string of the molecule is Cc1cc2c3c(c1)N(c1ccc(C(C)(C)C)cc1)c1c(ccc4c1c1ccc5c(c1n4C(C)(C)C)CCC5)B3c1sc3ccc(C(C)(C)C)cc3c1N2c1ccc(C(C)(C)C)cc1. The summed E-state index contributed by atoms with van der Waals surface area (Å²) < 4.78 is 5.47. The fourth-order valence-electron chi connectivity index (χ4n) is 11.3. The second-order valence-electron chi connectivity index (χ2n) is 23.0. The van der Waals surface area contributed by atoms with Gasteiger partial charge in [-0.3, -0.25) is 0 Å². The summed E-state index contributed by atoms with van der Waals surface area (Å²) in [6.45, 7) is 30.5. The fourth-order valence-corrected chi connectivity index (χ4v) is 12.6. The second-order valence-corrected chi connectivity index (χ2v) is 24.1. The van der Waals surface area contributed by atoms with Crippen molar-refractivity contribution >= 4 is 99.8 Å². The van der Waals surface area contributed by atoms with E-state index in [0.29, 0.717) is 0 Å². The molecule has 0 fully saturated rings. The van der Waals surface area contributed by atoms with E-state index in [0.717, 1.165) is 6.42 Å². The van der Waals surface area contributed by atoms with Gasteiger partial charge in [0.15, 0.2) is 0 Å². The van der Waals surface area contributed by atoms with Crippen LogP contribution in [0.2, 0.25) is 0 Å². The van der Waals surface area contributed by atoms with Crippen molar-refractivity contribution in [2.75, 3.05) is 9.80 Å². The van der Waals surface area contributed by atoms with Gasteiger partial charge in [-0.1, -0.05) is 111 Å². The maximum absolute atomic E-state index is 2.70. The van der Waals surface area contributed by atoms with E-state index in [4.69, 9.17) is 0 Å². The van der Waals surface area contributed by atoms with Crippen molar-refractivity contribution in [1.82, 2.24) is 4.57 Å². The number of fused-ring (bicyclic) bond motifs is 12. The third kappa shape index (κ3) is 6.04. The Labute approximate surface area is 379 Å². The molecule has 0 amide bonds. The van der Waals surface area contributed by atoms with E-state index >= 15 is 0 Å². The molecule has 6 aromatic carbocycles. The Morgan fingerprint density at radius 2 is 1.13 bits per heavy atom. The number of anilines is 6. The van der Waals surface area contributed by atoms with Gasteiger partial charge in [-0.2, -0.15) is 0 Å². The molecule has 318 valence electrons. The smallest absolute Gasteiger partial charge is 0.264 e. The van der Waals surface area contributed by atoms with Crippen molar-refractivity contribution in [3.05, 3.63) is 137 Å². The average molecular weight is 844 g/mol. The molecule has 2 aromatic heterocycles. The zero-order valence-corrected chi connectivity index (χ0v) is 40.6. The van der Waals surface area contributed by atoms with Crippen LogP contribution >= 0.6 is 11.3 Å². The van der Waals surface area contributed by atoms with Gasteiger partial charge in [-0.15, -0.1) is 11.3 Å². The molecule has 0 bridgehead atoms. The standard InChI is InChI=1S/C58H62BN3S/c1-34-31-46-50-47(32-34)61(40-25-20-37(21-26-40)56(5,6)7)53-44(28-29-45-49(53)42-27-17-35-15-14-16-41(35)51(42)62(45)58(11,12)13)59(50)54-52(43-33-38(57(8,9)10)22-30-48(43)63-54)60(46)39-23-18-36(19-24-39)55(2,3)4/h17-33H,14-16H2,1-13H3. The first-order valence-electron chi connectivity index (χ1n) is 23.4. The van der Waals surface area contributed by atoms with Gasteiger partial charge in [0.1, 0.15) is 0 Å². The number of nitrogens with zero attached hydrogens (tertiary/aromatic N) is 3. The van der Waals surface area contributed by atoms with Crippen molar-refractivity contribution in [2.24, 2.45) is 0 Å². The predicted octanol–water partition coefficient (Wildman–Crippen LogP) is 14.5. The number of hydrogen-bond donors (Lipinski definition) is 0. The minimum atomic E-state index is -0.112. The van der Waals surface area contributed by atoms with Crippen LogP contribution in [0, 0.1) is 6.92 Å². The highest BCUT2D eigenvalue weighted by atomic mass is 32.1. The molecule has 3 aliphatic rings. The zero-order chi connectivity index (χ0) is 44.3. The molecule has 0 atom stereocenters. The molecule has 4 heterocycles. The van der Waals surface area contributed by atoms with E-state index in [-0.39, 0.29) is 28.5 Å². The van der Waals surface area contributed by atoms with E-state index in [9.17, 15) is 0 Å². The minimum absolute atomic E-state index is 0.0199. The highest BCUT2D eigenvalue weighted by Gasteiger charge is 2.47. The van der Waals surface area contributed by atoms with Crippen LogP contribution in [0.15, 0.2) is 103 Å². The van der Waals surface area contributed by atoms with Crippen LogP contribution in [0.4, 0.5) is 34.1 Å². The van der Waals surface area contributed by atoms with Gasteiger partial charge in [0.2, 0.25) is 0 Å². The maximum Gasteiger partial charge on any atom is 0.264 e. The Morgan fingerprint density at radius 1 is 0.556 bits per heavy atom. The number of thiophene rings is 1. The lowest BCUT2D eigenvalue weighted by atomic mass is 9.36. The largest absolute Gasteiger partial charge is 0.335 e. The molecule has 0 saturated carbocycles. The van der Waals surface area contributed by atoms with E-state index in [1.165, 1.54) is 122 Å². The van der Waals surface area contributed by atoms with Crippen molar-refractivity contribution in [2.45, 2.75) is 131 Å². The maximum atomic E-state index is 2.70. The first kappa shape index (κ1) is 40.5. The highest BCUT2D eigenvalue weighted by Crippen LogP contribution is 2.52. The van der Waals surface area contributed by atoms with Crippen LogP contribution in [-0.4, -0.2) is 11.3 Å². The molecule has 0 unspecified atom stereocenters. The molecule has 2 aliphatic heterocycles. The van der Waals surface area contributed by atoms with Crippen LogP contribution in [0.1, 0.15) is 123 Å². The van der Waals surface area contributed by atoms with Crippen LogP contribution in [0.3, 0.4) is 0 Å². The molecule has 11 rings (SSSR count). The molecular formula is C58H62BN3S. The molecule has 1 aliphatic carbocycles. The Kier molecular flexibility index (Phi) is 8.61. The molecule has 5 heteroatoms. The van der Waals surface area contributed by atoms with Gasteiger partial charge in [-0.25, -0.2) is 0 Å². The van der Waals surface area contributed by atoms with Crippen LogP contribution in [-0.2, 0) is 34.6 Å². The van der Waals surface area contributed by atoms with Crippen molar-refractivity contribution < 1.29 is 0 Å². The average Bonchev–Trinajstić information content (AvgIpc) is 3.94. The summed E-state index contributed by atoms with van der Waals surface area (Å²) in [4.78, 5) is 5.30. The Balaban J connectivity index is 1.29. The fraction of sp³-hybridized carbons (Fsp3) is 0.345. The van der Waals surface area contributed by atoms with Crippen molar-refractivity contribution in [1.29, 1.82) is 0 Å². The van der Waals surface area contributed by atoms with Crippen molar-refractivity contribution in [3.63, 3.8) is 0 Å². The van der Waals surface area contributed by atoms with Gasteiger partial charge in [0, 0.05) is 53.9 Å². The van der Waals surface area contributed by atoms with E-state index in [2.05, 4.69) is 208 Å². The van der Waals surface area contributed by atoms with Gasteiger partial charge in [0.25, 0.3) is 6.71 Å². The lowest BCUT2D eigenvalue weighted by Gasteiger charge is -2.44. The third-order valence-electron chi connectivity index (χ3n) is 14.5. The Morgan fingerprint density at radius 3 is 1.70 bits per heavy atom. The topological polar surface area (TPSA) is 11.4 Å². The van der Waals surface area contributed by atoms with Gasteiger partial charge in [0.05, 0.1) is 22.4 Å². The van der Waals surface area contributed by atoms with Crippen LogP contribution in [0.5, 0.6) is 0 Å². The first-order chi connectivity index (χ1) is 29.7. The predicted molar refractivity (Wildman–Crippen MR) is 277 cm³/mol. The number of benzene rings is 6. The van der Waals surface area contributed by atoms with E-state index in [1.54, 1.807) is 5.56 Å². The molecular weight excluding hydrogens is 782 g/mol. The summed E-state index contributed by atoms with van der Waals surface area (Å²) >= 11 is 2.00. The minimum Gasteiger partial charge on any atom is -0.335 e. The molecule has 0 spiro atoms. The summed E-state index contributed by atoms with van der Waals surface area (Å²) in [5.41, 5.74) is 21.6. The molecule has 63 heavy (non-hydrogen) atoms. The highest BCUT2D eigenvalue weighted by molar-refractivity contribution is 7.33.